The van der Waals surface area contributed by atoms with Gasteiger partial charge in [0.1, 0.15) is 18.5 Å². The smallest absolute Gasteiger partial charge is 0.335 e. The van der Waals surface area contributed by atoms with Gasteiger partial charge in [-0.25, -0.2) is 19.7 Å². The fourth-order valence-corrected chi connectivity index (χ4v) is 6.35. The van der Waals surface area contributed by atoms with Crippen LogP contribution in [-0.4, -0.2) is 61.2 Å². The van der Waals surface area contributed by atoms with Gasteiger partial charge in [0, 0.05) is 19.4 Å². The van der Waals surface area contributed by atoms with E-state index in [2.05, 4.69) is 32.4 Å². The van der Waals surface area contributed by atoms with E-state index in [1.807, 2.05) is 12.1 Å². The molecule has 2 aliphatic heterocycles. The first-order chi connectivity index (χ1) is 17.6. The number of rotatable bonds is 5. The maximum atomic E-state index is 12.1. The molecule has 3 fully saturated rings. The van der Waals surface area contributed by atoms with Crippen LogP contribution in [0, 0.1) is 5.92 Å². The zero-order valence-electron chi connectivity index (χ0n) is 19.9. The SMILES string of the molecule is O=C(O)[C@H]1O[C@@H](n2cnc3c(NCC4CCCCC4)ncnc32)[C@H]2OC3(Cc4ccccc4C3)OC12. The number of nitrogens with zero attached hydrogens (tertiary/aromatic N) is 4. The number of hydrogen-bond acceptors (Lipinski definition) is 8. The van der Waals surface area contributed by atoms with Gasteiger partial charge in [0.05, 0.1) is 6.33 Å². The molecule has 10 nitrogen and oxygen atoms in total. The molecule has 188 valence electrons. The number of imidazole rings is 1. The summed E-state index contributed by atoms with van der Waals surface area (Å²) in [6, 6.07) is 8.12. The molecule has 10 heteroatoms. The van der Waals surface area contributed by atoms with Gasteiger partial charge in [-0.1, -0.05) is 43.5 Å². The Morgan fingerprint density at radius 2 is 1.81 bits per heavy atom. The molecule has 2 aromatic heterocycles. The minimum Gasteiger partial charge on any atom is -0.479 e. The number of aromatic nitrogens is 4. The first-order valence-electron chi connectivity index (χ1n) is 12.8. The Balaban J connectivity index is 1.17. The van der Waals surface area contributed by atoms with Crippen LogP contribution >= 0.6 is 0 Å². The summed E-state index contributed by atoms with van der Waals surface area (Å²) in [5.41, 5.74) is 3.53. The van der Waals surface area contributed by atoms with Crippen molar-refractivity contribution in [2.45, 2.75) is 75.3 Å². The van der Waals surface area contributed by atoms with Gasteiger partial charge in [0.25, 0.3) is 0 Å². The zero-order valence-corrected chi connectivity index (χ0v) is 19.9. The van der Waals surface area contributed by atoms with Gasteiger partial charge in [-0.05, 0) is 29.9 Å². The molecule has 2 aliphatic carbocycles. The van der Waals surface area contributed by atoms with E-state index in [0.29, 0.717) is 35.7 Å². The number of carboxylic acids is 1. The number of anilines is 1. The molecule has 4 aliphatic rings. The third-order valence-electron chi connectivity index (χ3n) is 8.09. The van der Waals surface area contributed by atoms with E-state index in [1.54, 1.807) is 10.9 Å². The van der Waals surface area contributed by atoms with Crippen LogP contribution in [0.15, 0.2) is 36.9 Å². The molecule has 1 spiro atoms. The Kier molecular flexibility index (Phi) is 5.23. The number of carbonyl (C=O) groups is 1. The van der Waals surface area contributed by atoms with Gasteiger partial charge in [-0.3, -0.25) is 4.57 Å². The Morgan fingerprint density at radius 3 is 2.56 bits per heavy atom. The molecule has 7 rings (SSSR count). The van der Waals surface area contributed by atoms with Gasteiger partial charge in [-0.2, -0.15) is 0 Å². The molecule has 1 aromatic carbocycles. The number of carboxylic acid groups (broad SMARTS) is 1. The van der Waals surface area contributed by atoms with Crippen molar-refractivity contribution < 1.29 is 24.1 Å². The lowest BCUT2D eigenvalue weighted by Gasteiger charge is -2.26. The lowest BCUT2D eigenvalue weighted by Crippen LogP contribution is -2.38. The lowest BCUT2D eigenvalue weighted by molar-refractivity contribution is -0.214. The van der Waals surface area contributed by atoms with E-state index in [-0.39, 0.29) is 0 Å². The molecule has 0 amide bonds. The zero-order chi connectivity index (χ0) is 24.3. The van der Waals surface area contributed by atoms with Crippen molar-refractivity contribution in [2.75, 3.05) is 11.9 Å². The highest BCUT2D eigenvalue weighted by molar-refractivity contribution is 5.82. The number of ether oxygens (including phenoxy) is 3. The van der Waals surface area contributed by atoms with E-state index in [1.165, 1.54) is 38.4 Å². The molecular weight excluding hydrogens is 462 g/mol. The highest BCUT2D eigenvalue weighted by Gasteiger charge is 2.62. The number of fused-ring (bicyclic) bond motifs is 3. The van der Waals surface area contributed by atoms with Crippen LogP contribution in [0.25, 0.3) is 11.2 Å². The van der Waals surface area contributed by atoms with Gasteiger partial charge in [0.15, 0.2) is 35.1 Å². The largest absolute Gasteiger partial charge is 0.479 e. The first kappa shape index (κ1) is 22.1. The maximum absolute atomic E-state index is 12.1. The average Bonchev–Trinajstić information content (AvgIpc) is 3.64. The third kappa shape index (κ3) is 3.58. The monoisotopic (exact) mass is 491 g/mol. The van der Waals surface area contributed by atoms with Gasteiger partial charge < -0.3 is 24.6 Å². The van der Waals surface area contributed by atoms with E-state index < -0.39 is 36.3 Å². The minimum absolute atomic E-state index is 0.574. The second-order valence-electron chi connectivity index (χ2n) is 10.4. The fourth-order valence-electron chi connectivity index (χ4n) is 6.35. The van der Waals surface area contributed by atoms with Crippen LogP contribution in [0.4, 0.5) is 5.82 Å². The van der Waals surface area contributed by atoms with Crippen molar-refractivity contribution in [3.05, 3.63) is 48.0 Å². The molecule has 0 radical (unpaired) electrons. The molecule has 0 bridgehead atoms. The minimum atomic E-state index is -1.15. The van der Waals surface area contributed by atoms with E-state index in [0.717, 1.165) is 17.7 Å². The Labute approximate surface area is 208 Å². The molecule has 1 unspecified atom stereocenters. The average molecular weight is 492 g/mol. The Bertz CT molecular complexity index is 1280. The van der Waals surface area contributed by atoms with Crippen LogP contribution < -0.4 is 5.32 Å². The van der Waals surface area contributed by atoms with Crippen LogP contribution in [-0.2, 0) is 31.8 Å². The van der Waals surface area contributed by atoms with Gasteiger partial charge >= 0.3 is 5.97 Å². The molecule has 1 saturated carbocycles. The van der Waals surface area contributed by atoms with Crippen molar-refractivity contribution in [2.24, 2.45) is 5.92 Å². The van der Waals surface area contributed by atoms with E-state index in [4.69, 9.17) is 14.2 Å². The number of hydrogen-bond donors (Lipinski definition) is 2. The summed E-state index contributed by atoms with van der Waals surface area (Å²) >= 11 is 0. The number of nitrogens with one attached hydrogen (secondary N) is 1. The summed E-state index contributed by atoms with van der Waals surface area (Å²) in [6.45, 7) is 0.852. The van der Waals surface area contributed by atoms with Gasteiger partial charge in [0.2, 0.25) is 0 Å². The quantitative estimate of drug-likeness (QED) is 0.555. The van der Waals surface area contributed by atoms with Crippen LogP contribution in [0.2, 0.25) is 0 Å². The van der Waals surface area contributed by atoms with Gasteiger partial charge in [-0.15, -0.1) is 0 Å². The second-order valence-corrected chi connectivity index (χ2v) is 10.4. The first-order valence-corrected chi connectivity index (χ1v) is 12.8. The van der Waals surface area contributed by atoms with Crippen molar-refractivity contribution in [1.29, 1.82) is 0 Å². The predicted octanol–water partition coefficient (Wildman–Crippen LogP) is 3.08. The summed E-state index contributed by atoms with van der Waals surface area (Å²) in [5, 5.41) is 13.4. The topological polar surface area (TPSA) is 121 Å². The van der Waals surface area contributed by atoms with Crippen LogP contribution in [0.1, 0.15) is 49.5 Å². The molecular formula is C26H29N5O5. The van der Waals surface area contributed by atoms with E-state index in [9.17, 15) is 9.90 Å². The maximum Gasteiger partial charge on any atom is 0.335 e. The lowest BCUT2D eigenvalue weighted by atomic mass is 9.89. The summed E-state index contributed by atoms with van der Waals surface area (Å²) in [7, 11) is 0. The molecule has 4 atom stereocenters. The van der Waals surface area contributed by atoms with E-state index >= 15 is 0 Å². The standard InChI is InChI=1S/C26H29N5O5/c32-25(33)21-19-20(36-26(35-19)10-16-8-4-5-9-17(16)11-26)24(34-21)31-14-30-18-22(28-13-29-23(18)31)27-12-15-6-2-1-3-7-15/h4-5,8-9,13-15,19-21,24H,1-3,6-7,10-12H2,(H,32,33)(H,27,28,29)/t19?,20-,21-,24+/m0/s1. The van der Waals surface area contributed by atoms with Crippen molar-refractivity contribution >= 4 is 23.0 Å². The van der Waals surface area contributed by atoms with Crippen molar-refractivity contribution in [3.8, 4) is 0 Å². The second kappa shape index (κ2) is 8.50. The Morgan fingerprint density at radius 1 is 1.06 bits per heavy atom. The fraction of sp³-hybridized carbons (Fsp3) is 0.538. The van der Waals surface area contributed by atoms with Crippen LogP contribution in [0.5, 0.6) is 0 Å². The third-order valence-corrected chi connectivity index (χ3v) is 8.09. The highest BCUT2D eigenvalue weighted by Crippen LogP contribution is 2.49. The Hall–Kier alpha value is -3.08. The molecule has 36 heavy (non-hydrogen) atoms. The predicted molar refractivity (Wildman–Crippen MR) is 128 cm³/mol. The number of benzene rings is 1. The number of aliphatic carboxylic acids is 1. The molecule has 4 heterocycles. The van der Waals surface area contributed by atoms with Crippen molar-refractivity contribution in [1.82, 2.24) is 19.5 Å². The molecule has 3 aromatic rings. The molecule has 2 saturated heterocycles. The van der Waals surface area contributed by atoms with Crippen molar-refractivity contribution in [3.63, 3.8) is 0 Å². The summed E-state index contributed by atoms with van der Waals surface area (Å²) < 4.78 is 20.6. The van der Waals surface area contributed by atoms with Crippen LogP contribution in [0.3, 0.4) is 0 Å². The normalized spacial score (nSPS) is 29.0. The summed E-state index contributed by atoms with van der Waals surface area (Å²) in [6.07, 6.45) is 7.42. The summed E-state index contributed by atoms with van der Waals surface area (Å²) in [4.78, 5) is 25.6. The highest BCUT2D eigenvalue weighted by atomic mass is 16.8. The summed E-state index contributed by atoms with van der Waals surface area (Å²) in [5.74, 6) is -0.637. The molecule has 2 N–H and O–H groups in total.